The summed E-state index contributed by atoms with van der Waals surface area (Å²) in [6.07, 6.45) is 0. The minimum absolute atomic E-state index is 0.517. The molecule has 0 aliphatic heterocycles. The highest BCUT2D eigenvalue weighted by Crippen LogP contribution is 2.27. The van der Waals surface area contributed by atoms with Crippen molar-refractivity contribution in [1.82, 2.24) is 4.98 Å². The van der Waals surface area contributed by atoms with Gasteiger partial charge in [0.05, 0.1) is 18.8 Å². The second kappa shape index (κ2) is 6.29. The molecule has 0 atom stereocenters. The van der Waals surface area contributed by atoms with Gasteiger partial charge in [0.25, 0.3) is 0 Å². The summed E-state index contributed by atoms with van der Waals surface area (Å²) in [6, 6.07) is 4.20. The molecule has 0 saturated carbocycles. The molecule has 0 bridgehead atoms. The number of methoxy groups -OCH3 is 1. The average Bonchev–Trinajstić information content (AvgIpc) is 2.98. The minimum Gasteiger partial charge on any atom is -0.378 e. The molecule has 0 saturated heterocycles. The van der Waals surface area contributed by atoms with Crippen molar-refractivity contribution in [2.75, 3.05) is 19.1 Å². The molecule has 0 unspecified atom stereocenters. The van der Waals surface area contributed by atoms with Crippen LogP contribution in [0.4, 0.5) is 5.13 Å². The Bertz CT molecular complexity index is 481. The summed E-state index contributed by atoms with van der Waals surface area (Å²) < 4.78 is 5.14. The number of nitrogens with zero attached hydrogens (tertiary/aromatic N) is 2. The second-order valence-electron chi connectivity index (χ2n) is 3.94. The first-order chi connectivity index (χ1) is 8.74. The largest absolute Gasteiger partial charge is 0.378 e. The zero-order valence-corrected chi connectivity index (χ0v) is 12.2. The smallest absolute Gasteiger partial charge is 0.185 e. The van der Waals surface area contributed by atoms with Gasteiger partial charge in [-0.05, 0) is 11.4 Å². The molecular weight excluding hydrogens is 266 g/mol. The highest BCUT2D eigenvalue weighted by Gasteiger charge is 2.13. The van der Waals surface area contributed by atoms with Gasteiger partial charge in [-0.3, -0.25) is 0 Å². The van der Waals surface area contributed by atoms with E-state index in [1.807, 2.05) is 0 Å². The van der Waals surface area contributed by atoms with Gasteiger partial charge in [0.1, 0.15) is 0 Å². The molecule has 6 heteroatoms. The Labute approximate surface area is 115 Å². The number of thiophene rings is 1. The number of thiazole rings is 1. The summed E-state index contributed by atoms with van der Waals surface area (Å²) in [5.41, 5.74) is 6.69. The molecule has 0 aliphatic rings. The van der Waals surface area contributed by atoms with Crippen molar-refractivity contribution in [3.8, 4) is 0 Å². The summed E-state index contributed by atoms with van der Waals surface area (Å²) in [6.45, 7) is 1.92. The van der Waals surface area contributed by atoms with Crippen molar-refractivity contribution >= 4 is 27.8 Å². The molecular formula is C12H17N3OS2. The molecule has 0 fully saturated rings. The molecule has 0 spiro atoms. The van der Waals surface area contributed by atoms with Crippen molar-refractivity contribution < 1.29 is 4.74 Å². The maximum Gasteiger partial charge on any atom is 0.185 e. The number of ether oxygens (including phenoxy) is 1. The van der Waals surface area contributed by atoms with Crippen LogP contribution in [0.3, 0.4) is 0 Å². The van der Waals surface area contributed by atoms with Crippen LogP contribution >= 0.6 is 22.7 Å². The lowest BCUT2D eigenvalue weighted by molar-refractivity contribution is 0.181. The summed E-state index contributed by atoms with van der Waals surface area (Å²) >= 11 is 3.40. The quantitative estimate of drug-likeness (QED) is 0.884. The molecule has 0 aromatic carbocycles. The van der Waals surface area contributed by atoms with Crippen molar-refractivity contribution in [2.24, 2.45) is 5.73 Å². The van der Waals surface area contributed by atoms with Crippen molar-refractivity contribution in [3.63, 3.8) is 0 Å². The Morgan fingerprint density at radius 3 is 2.94 bits per heavy atom. The van der Waals surface area contributed by atoms with E-state index in [0.29, 0.717) is 13.2 Å². The van der Waals surface area contributed by atoms with Crippen LogP contribution in [0.25, 0.3) is 0 Å². The van der Waals surface area contributed by atoms with Gasteiger partial charge in [0.2, 0.25) is 0 Å². The first kappa shape index (κ1) is 13.5. The maximum atomic E-state index is 5.73. The molecule has 2 aromatic rings. The standard InChI is InChI=1S/C12H17N3OS2/c1-15(7-9-4-3-5-17-9)12-14-10(8-16-2)11(6-13)18-12/h3-5H,6-8,13H2,1-2H3. The summed E-state index contributed by atoms with van der Waals surface area (Å²) in [4.78, 5) is 9.17. The Kier molecular flexibility index (Phi) is 4.71. The van der Waals surface area contributed by atoms with Crippen LogP contribution < -0.4 is 10.6 Å². The topological polar surface area (TPSA) is 51.4 Å². The van der Waals surface area contributed by atoms with Crippen LogP contribution in [0.1, 0.15) is 15.4 Å². The molecule has 2 heterocycles. The number of hydrogen-bond acceptors (Lipinski definition) is 6. The minimum atomic E-state index is 0.517. The van der Waals surface area contributed by atoms with Gasteiger partial charge in [-0.2, -0.15) is 0 Å². The lowest BCUT2D eigenvalue weighted by atomic mass is 10.4. The van der Waals surface area contributed by atoms with Crippen molar-refractivity contribution in [1.29, 1.82) is 0 Å². The summed E-state index contributed by atoms with van der Waals surface area (Å²) in [7, 11) is 3.73. The fourth-order valence-corrected chi connectivity index (χ4v) is 3.31. The predicted molar refractivity (Wildman–Crippen MR) is 77.1 cm³/mol. The fourth-order valence-electron chi connectivity index (χ4n) is 1.65. The first-order valence-electron chi connectivity index (χ1n) is 5.65. The molecule has 2 N–H and O–H groups in total. The highest BCUT2D eigenvalue weighted by molar-refractivity contribution is 7.15. The van der Waals surface area contributed by atoms with Crippen LogP contribution in [0.5, 0.6) is 0 Å². The molecule has 2 aromatic heterocycles. The Hall–Kier alpha value is -0.950. The monoisotopic (exact) mass is 283 g/mol. The molecule has 18 heavy (non-hydrogen) atoms. The van der Waals surface area contributed by atoms with Crippen molar-refractivity contribution in [3.05, 3.63) is 33.0 Å². The van der Waals surface area contributed by atoms with Gasteiger partial charge in [-0.25, -0.2) is 4.98 Å². The normalized spacial score (nSPS) is 10.8. The Balaban J connectivity index is 2.12. The van der Waals surface area contributed by atoms with E-state index in [0.717, 1.165) is 22.2 Å². The Morgan fingerprint density at radius 1 is 1.50 bits per heavy atom. The highest BCUT2D eigenvalue weighted by atomic mass is 32.1. The fraction of sp³-hybridized carbons (Fsp3) is 0.417. The zero-order chi connectivity index (χ0) is 13.0. The summed E-state index contributed by atoms with van der Waals surface area (Å²) in [5, 5.41) is 3.09. The Morgan fingerprint density at radius 2 is 2.33 bits per heavy atom. The third-order valence-electron chi connectivity index (χ3n) is 2.53. The number of hydrogen-bond donors (Lipinski definition) is 1. The van der Waals surface area contributed by atoms with Crippen LogP contribution in [0.2, 0.25) is 0 Å². The summed E-state index contributed by atoms with van der Waals surface area (Å²) in [5.74, 6) is 0. The van der Waals surface area contributed by atoms with E-state index in [-0.39, 0.29) is 0 Å². The van der Waals surface area contributed by atoms with Crippen molar-refractivity contribution in [2.45, 2.75) is 19.7 Å². The van der Waals surface area contributed by atoms with Gasteiger partial charge >= 0.3 is 0 Å². The molecule has 4 nitrogen and oxygen atoms in total. The van der Waals surface area contributed by atoms with Gasteiger partial charge in [0.15, 0.2) is 5.13 Å². The first-order valence-corrected chi connectivity index (χ1v) is 7.35. The molecule has 2 rings (SSSR count). The van der Waals surface area contributed by atoms with E-state index in [1.165, 1.54) is 4.88 Å². The average molecular weight is 283 g/mol. The lowest BCUT2D eigenvalue weighted by Crippen LogP contribution is -2.15. The van der Waals surface area contributed by atoms with Gasteiger partial charge < -0.3 is 15.4 Å². The molecule has 0 aliphatic carbocycles. The predicted octanol–water partition coefficient (Wildman–Crippen LogP) is 2.45. The van der Waals surface area contributed by atoms with E-state index < -0.39 is 0 Å². The number of aromatic nitrogens is 1. The maximum absolute atomic E-state index is 5.73. The lowest BCUT2D eigenvalue weighted by Gasteiger charge is -2.14. The van der Waals surface area contributed by atoms with Crippen LogP contribution in [0, 0.1) is 0 Å². The van der Waals surface area contributed by atoms with Crippen LogP contribution in [-0.2, 0) is 24.4 Å². The molecule has 0 amide bonds. The van der Waals surface area contributed by atoms with Gasteiger partial charge in [-0.15, -0.1) is 22.7 Å². The van der Waals surface area contributed by atoms with Crippen LogP contribution in [0.15, 0.2) is 17.5 Å². The van der Waals surface area contributed by atoms with E-state index in [9.17, 15) is 0 Å². The second-order valence-corrected chi connectivity index (χ2v) is 6.03. The van der Waals surface area contributed by atoms with E-state index in [4.69, 9.17) is 10.5 Å². The number of nitrogens with two attached hydrogens (primary N) is 1. The van der Waals surface area contributed by atoms with Gasteiger partial charge in [0, 0.05) is 30.5 Å². The molecule has 98 valence electrons. The van der Waals surface area contributed by atoms with E-state index in [1.54, 1.807) is 29.8 Å². The zero-order valence-electron chi connectivity index (χ0n) is 10.5. The van der Waals surface area contributed by atoms with E-state index in [2.05, 4.69) is 34.4 Å². The third-order valence-corrected chi connectivity index (χ3v) is 4.63. The SMILES string of the molecule is COCc1nc(N(C)Cc2cccs2)sc1CN. The van der Waals surface area contributed by atoms with E-state index >= 15 is 0 Å². The van der Waals surface area contributed by atoms with Gasteiger partial charge in [-0.1, -0.05) is 6.07 Å². The van der Waals surface area contributed by atoms with Crippen LogP contribution in [-0.4, -0.2) is 19.1 Å². The third kappa shape index (κ3) is 3.08. The number of anilines is 1. The number of rotatable bonds is 6. The molecule has 0 radical (unpaired) electrons.